The molecule has 0 radical (unpaired) electrons. The van der Waals surface area contributed by atoms with Gasteiger partial charge in [0.2, 0.25) is 0 Å². The van der Waals surface area contributed by atoms with Gasteiger partial charge in [0.25, 0.3) is 5.91 Å². The second-order valence-corrected chi connectivity index (χ2v) is 6.16. The van der Waals surface area contributed by atoms with E-state index in [9.17, 15) is 4.79 Å². The van der Waals surface area contributed by atoms with Crippen molar-refractivity contribution in [3.8, 4) is 5.82 Å². The molecule has 0 atom stereocenters. The van der Waals surface area contributed by atoms with Crippen LogP contribution in [0.4, 0.5) is 11.5 Å². The van der Waals surface area contributed by atoms with Crippen LogP contribution in [0.3, 0.4) is 0 Å². The largest absolute Gasteiger partial charge is 0.459 e. The van der Waals surface area contributed by atoms with E-state index >= 15 is 0 Å². The normalized spacial score (nSPS) is 10.6. The van der Waals surface area contributed by atoms with E-state index < -0.39 is 0 Å². The molecule has 1 aromatic carbocycles. The zero-order valence-electron chi connectivity index (χ0n) is 15.2. The fourth-order valence-corrected chi connectivity index (χ4v) is 2.64. The number of amides is 1. The van der Waals surface area contributed by atoms with Gasteiger partial charge in [-0.1, -0.05) is 12.1 Å². The number of aromatic nitrogens is 4. The maximum absolute atomic E-state index is 12.1. The number of carbonyl (C=O) groups excluding carboxylic acids is 1. The molecule has 28 heavy (non-hydrogen) atoms. The second-order valence-electron chi connectivity index (χ2n) is 6.16. The molecule has 2 N–H and O–H groups in total. The molecule has 0 fully saturated rings. The summed E-state index contributed by atoms with van der Waals surface area (Å²) in [5.74, 6) is 1.29. The molecule has 0 saturated carbocycles. The van der Waals surface area contributed by atoms with E-state index in [1.807, 2.05) is 55.6 Å². The highest BCUT2D eigenvalue weighted by Gasteiger charge is 2.09. The number of aryl methyl sites for hydroxylation is 1. The Balaban J connectivity index is 1.37. The average Bonchev–Trinajstić information content (AvgIpc) is 3.39. The molecule has 0 aliphatic rings. The third kappa shape index (κ3) is 4.07. The SMILES string of the molecule is Cc1ccn(-c2ccc(NCc3cccc(NC(=O)c4ccco4)c3)nn2)n1. The maximum Gasteiger partial charge on any atom is 0.291 e. The molecule has 0 aliphatic heterocycles. The van der Waals surface area contributed by atoms with Crippen LogP contribution in [0.2, 0.25) is 0 Å². The summed E-state index contributed by atoms with van der Waals surface area (Å²) in [6, 6.07) is 16.5. The first-order chi connectivity index (χ1) is 13.7. The Morgan fingerprint density at radius 3 is 2.75 bits per heavy atom. The van der Waals surface area contributed by atoms with Crippen LogP contribution in [0, 0.1) is 6.92 Å². The lowest BCUT2D eigenvalue weighted by Gasteiger charge is -2.08. The molecular formula is C20H18N6O2. The number of benzene rings is 1. The topological polar surface area (TPSA) is 97.9 Å². The van der Waals surface area contributed by atoms with Gasteiger partial charge in [0.05, 0.1) is 12.0 Å². The Morgan fingerprint density at radius 2 is 2.04 bits per heavy atom. The van der Waals surface area contributed by atoms with Crippen molar-refractivity contribution < 1.29 is 9.21 Å². The third-order valence-corrected chi connectivity index (χ3v) is 4.01. The first kappa shape index (κ1) is 17.5. The van der Waals surface area contributed by atoms with Gasteiger partial charge in [-0.05, 0) is 55.0 Å². The van der Waals surface area contributed by atoms with Crippen LogP contribution >= 0.6 is 0 Å². The van der Waals surface area contributed by atoms with Gasteiger partial charge in [-0.3, -0.25) is 4.79 Å². The molecular weight excluding hydrogens is 356 g/mol. The Labute approximate surface area is 161 Å². The molecule has 8 heteroatoms. The Bertz CT molecular complexity index is 1070. The van der Waals surface area contributed by atoms with Gasteiger partial charge >= 0.3 is 0 Å². The first-order valence-electron chi connectivity index (χ1n) is 8.71. The minimum Gasteiger partial charge on any atom is -0.459 e. The number of nitrogens with zero attached hydrogens (tertiary/aromatic N) is 4. The Hall–Kier alpha value is -3.94. The fraction of sp³-hybridized carbons (Fsp3) is 0.100. The van der Waals surface area contributed by atoms with E-state index in [4.69, 9.17) is 4.42 Å². The lowest BCUT2D eigenvalue weighted by atomic mass is 10.2. The number of furan rings is 1. The Morgan fingerprint density at radius 1 is 1.11 bits per heavy atom. The van der Waals surface area contributed by atoms with Crippen LogP contribution in [0.15, 0.2) is 71.5 Å². The summed E-state index contributed by atoms with van der Waals surface area (Å²) in [5.41, 5.74) is 2.60. The van der Waals surface area contributed by atoms with Crippen LogP contribution in [-0.2, 0) is 6.54 Å². The van der Waals surface area contributed by atoms with Gasteiger partial charge in [-0.15, -0.1) is 10.2 Å². The van der Waals surface area contributed by atoms with Gasteiger partial charge in [0, 0.05) is 18.4 Å². The third-order valence-electron chi connectivity index (χ3n) is 4.01. The molecule has 0 bridgehead atoms. The molecule has 0 saturated heterocycles. The lowest BCUT2D eigenvalue weighted by molar-refractivity contribution is 0.0996. The van der Waals surface area contributed by atoms with Crippen molar-refractivity contribution in [1.29, 1.82) is 0 Å². The van der Waals surface area contributed by atoms with E-state index in [1.165, 1.54) is 6.26 Å². The molecule has 4 aromatic rings. The van der Waals surface area contributed by atoms with E-state index in [0.29, 0.717) is 23.9 Å². The fourth-order valence-electron chi connectivity index (χ4n) is 2.64. The summed E-state index contributed by atoms with van der Waals surface area (Å²) in [6.07, 6.45) is 3.31. The van der Waals surface area contributed by atoms with Gasteiger partial charge in [-0.2, -0.15) is 5.10 Å². The van der Waals surface area contributed by atoms with Crippen LogP contribution < -0.4 is 10.6 Å². The van der Waals surface area contributed by atoms with Crippen LogP contribution in [-0.4, -0.2) is 25.9 Å². The summed E-state index contributed by atoms with van der Waals surface area (Å²) in [6.45, 7) is 2.46. The zero-order chi connectivity index (χ0) is 19.3. The van der Waals surface area contributed by atoms with Gasteiger partial charge < -0.3 is 15.1 Å². The minimum absolute atomic E-state index is 0.270. The van der Waals surface area contributed by atoms with E-state index in [0.717, 1.165) is 11.3 Å². The highest BCUT2D eigenvalue weighted by atomic mass is 16.3. The molecule has 140 valence electrons. The van der Waals surface area contributed by atoms with Gasteiger partial charge in [0.1, 0.15) is 5.82 Å². The molecule has 0 unspecified atom stereocenters. The highest BCUT2D eigenvalue weighted by Crippen LogP contribution is 2.14. The Kier molecular flexibility index (Phi) is 4.83. The van der Waals surface area contributed by atoms with Gasteiger partial charge in [-0.25, -0.2) is 4.68 Å². The summed E-state index contributed by atoms with van der Waals surface area (Å²) < 4.78 is 6.78. The molecule has 0 aliphatic carbocycles. The number of nitrogens with one attached hydrogen (secondary N) is 2. The maximum atomic E-state index is 12.1. The van der Waals surface area contributed by atoms with Crippen molar-refractivity contribution in [1.82, 2.24) is 20.0 Å². The number of hydrogen-bond donors (Lipinski definition) is 2. The van der Waals surface area contributed by atoms with Crippen LogP contribution in [0.1, 0.15) is 21.8 Å². The molecule has 0 spiro atoms. The number of carbonyl (C=O) groups is 1. The van der Waals surface area contributed by atoms with Crippen molar-refractivity contribution >= 4 is 17.4 Å². The van der Waals surface area contributed by atoms with Crippen molar-refractivity contribution in [3.63, 3.8) is 0 Å². The molecule has 3 aromatic heterocycles. The van der Waals surface area contributed by atoms with Crippen molar-refractivity contribution in [3.05, 3.63) is 84.1 Å². The molecule has 4 rings (SSSR count). The summed E-state index contributed by atoms with van der Waals surface area (Å²) in [7, 11) is 0. The van der Waals surface area contributed by atoms with Crippen molar-refractivity contribution in [2.45, 2.75) is 13.5 Å². The highest BCUT2D eigenvalue weighted by molar-refractivity contribution is 6.02. The monoisotopic (exact) mass is 374 g/mol. The van der Waals surface area contributed by atoms with Gasteiger partial charge in [0.15, 0.2) is 11.6 Å². The quantitative estimate of drug-likeness (QED) is 0.537. The molecule has 8 nitrogen and oxygen atoms in total. The van der Waals surface area contributed by atoms with E-state index in [-0.39, 0.29) is 11.7 Å². The zero-order valence-corrected chi connectivity index (χ0v) is 15.2. The number of hydrogen-bond acceptors (Lipinski definition) is 6. The average molecular weight is 374 g/mol. The van der Waals surface area contributed by atoms with Crippen molar-refractivity contribution in [2.75, 3.05) is 10.6 Å². The molecule has 1 amide bonds. The van der Waals surface area contributed by atoms with Crippen LogP contribution in [0.25, 0.3) is 5.82 Å². The predicted molar refractivity (Wildman–Crippen MR) is 104 cm³/mol. The summed E-state index contributed by atoms with van der Waals surface area (Å²) in [5, 5.41) is 18.7. The first-order valence-corrected chi connectivity index (χ1v) is 8.71. The molecule has 3 heterocycles. The second kappa shape index (κ2) is 7.75. The van der Waals surface area contributed by atoms with Crippen LogP contribution in [0.5, 0.6) is 0 Å². The summed E-state index contributed by atoms with van der Waals surface area (Å²) >= 11 is 0. The smallest absolute Gasteiger partial charge is 0.291 e. The lowest BCUT2D eigenvalue weighted by Crippen LogP contribution is -2.11. The standard InChI is InChI=1S/C20H18N6O2/c1-14-9-10-26(25-14)19-8-7-18(23-24-19)21-13-15-4-2-5-16(12-15)22-20(27)17-6-3-11-28-17/h2-12H,13H2,1H3,(H,21,23)(H,22,27). The predicted octanol–water partition coefficient (Wildman–Crippen LogP) is 3.43. The van der Waals surface area contributed by atoms with E-state index in [2.05, 4.69) is 25.9 Å². The minimum atomic E-state index is -0.287. The van der Waals surface area contributed by atoms with E-state index in [1.54, 1.807) is 16.8 Å². The number of anilines is 2. The number of rotatable bonds is 6. The summed E-state index contributed by atoms with van der Waals surface area (Å²) in [4.78, 5) is 12.1. The van der Waals surface area contributed by atoms with Crippen molar-refractivity contribution in [2.24, 2.45) is 0 Å².